The molecule has 1 aliphatic carbocycles. The van der Waals surface area contributed by atoms with E-state index in [1.54, 1.807) is 12.1 Å². The minimum atomic E-state index is -4.72. The van der Waals surface area contributed by atoms with Crippen LogP contribution in [0.1, 0.15) is 51.7 Å². The Balaban J connectivity index is 1.36. The molecule has 38 heavy (non-hydrogen) atoms. The zero-order chi connectivity index (χ0) is 27.0. The lowest BCUT2D eigenvalue weighted by Gasteiger charge is -2.41. The first kappa shape index (κ1) is 25.9. The number of hydrogen-bond acceptors (Lipinski definition) is 7. The predicted molar refractivity (Wildman–Crippen MR) is 133 cm³/mol. The molecule has 5 rings (SSSR count). The van der Waals surface area contributed by atoms with Crippen LogP contribution in [-0.4, -0.2) is 53.9 Å². The number of pyridine rings is 1. The Hall–Kier alpha value is -3.76. The first-order valence-electron chi connectivity index (χ1n) is 12.4. The smallest absolute Gasteiger partial charge is 0.417 e. The van der Waals surface area contributed by atoms with Crippen LogP contribution in [0.5, 0.6) is 0 Å². The summed E-state index contributed by atoms with van der Waals surface area (Å²) in [7, 11) is 1.03. The number of benzene rings is 1. The maximum atomic E-state index is 13.7. The van der Waals surface area contributed by atoms with Crippen LogP contribution < -0.4 is 9.80 Å². The van der Waals surface area contributed by atoms with Gasteiger partial charge < -0.3 is 14.5 Å². The van der Waals surface area contributed by atoms with Crippen LogP contribution in [-0.2, 0) is 30.2 Å². The molecule has 2 aliphatic rings. The fourth-order valence-corrected chi connectivity index (χ4v) is 5.33. The number of rotatable bonds is 5. The minimum absolute atomic E-state index is 0.156. The highest BCUT2D eigenvalue weighted by atomic mass is 19.4. The Bertz CT molecular complexity index is 1350. The molecule has 1 atom stereocenters. The lowest BCUT2D eigenvalue weighted by atomic mass is 10.0. The fourth-order valence-electron chi connectivity index (χ4n) is 5.33. The van der Waals surface area contributed by atoms with Crippen molar-refractivity contribution in [3.63, 3.8) is 0 Å². The maximum Gasteiger partial charge on any atom is 0.417 e. The van der Waals surface area contributed by atoms with Gasteiger partial charge in [-0.2, -0.15) is 18.3 Å². The number of carbonyl (C=O) groups is 1. The number of halogens is 4. The Morgan fingerprint density at radius 2 is 1.84 bits per heavy atom. The van der Waals surface area contributed by atoms with E-state index in [0.717, 1.165) is 61.3 Å². The van der Waals surface area contributed by atoms with Gasteiger partial charge in [-0.3, -0.25) is 0 Å². The summed E-state index contributed by atoms with van der Waals surface area (Å²) >= 11 is 0. The van der Waals surface area contributed by atoms with Crippen LogP contribution in [0.15, 0.2) is 36.5 Å². The van der Waals surface area contributed by atoms with E-state index in [1.165, 1.54) is 17.7 Å². The SMILES string of the molecule is COC(=O)c1cnc(N2CCN(c3nnc(Cc4ccc(F)cc4)c4c3CCC4)C[C@H]2C)cc1C(F)(F)F. The number of anilines is 2. The van der Waals surface area contributed by atoms with Crippen LogP contribution in [0.3, 0.4) is 0 Å². The van der Waals surface area contributed by atoms with Gasteiger partial charge in [0.1, 0.15) is 11.6 Å². The number of aromatic nitrogens is 3. The highest BCUT2D eigenvalue weighted by Gasteiger charge is 2.38. The van der Waals surface area contributed by atoms with E-state index in [2.05, 4.69) is 24.8 Å². The molecule has 0 unspecified atom stereocenters. The van der Waals surface area contributed by atoms with Crippen LogP contribution >= 0.6 is 0 Å². The molecule has 0 radical (unpaired) electrons. The molecule has 0 amide bonds. The van der Waals surface area contributed by atoms with Crippen molar-refractivity contribution in [1.82, 2.24) is 15.2 Å². The van der Waals surface area contributed by atoms with E-state index >= 15 is 0 Å². The average Bonchev–Trinajstić information content (AvgIpc) is 3.39. The number of ether oxygens (including phenoxy) is 1. The van der Waals surface area contributed by atoms with Gasteiger partial charge in [0.05, 0.1) is 23.9 Å². The largest absolute Gasteiger partial charge is 0.465 e. The van der Waals surface area contributed by atoms with Crippen molar-refractivity contribution >= 4 is 17.6 Å². The lowest BCUT2D eigenvalue weighted by Crippen LogP contribution is -2.53. The summed E-state index contributed by atoms with van der Waals surface area (Å²) in [5.41, 5.74) is 2.54. The molecular weight excluding hydrogens is 502 g/mol. The number of nitrogens with zero attached hydrogens (tertiary/aromatic N) is 5. The van der Waals surface area contributed by atoms with E-state index in [0.29, 0.717) is 26.1 Å². The second-order valence-corrected chi connectivity index (χ2v) is 9.65. The van der Waals surface area contributed by atoms with Crippen LogP contribution in [0.25, 0.3) is 0 Å². The van der Waals surface area contributed by atoms with Crippen LogP contribution in [0, 0.1) is 5.82 Å². The van der Waals surface area contributed by atoms with Gasteiger partial charge in [0.2, 0.25) is 0 Å². The van der Waals surface area contributed by atoms with Crippen LogP contribution in [0.4, 0.5) is 29.2 Å². The van der Waals surface area contributed by atoms with E-state index in [9.17, 15) is 22.4 Å². The number of alkyl halides is 3. The molecule has 1 aliphatic heterocycles. The summed E-state index contributed by atoms with van der Waals surface area (Å²) in [6, 6.07) is 7.13. The minimum Gasteiger partial charge on any atom is -0.465 e. The number of esters is 1. The molecule has 0 saturated carbocycles. The average molecular weight is 530 g/mol. The monoisotopic (exact) mass is 529 g/mol. The predicted octanol–water partition coefficient (Wildman–Crippen LogP) is 4.61. The topological polar surface area (TPSA) is 71.5 Å². The Kier molecular flexibility index (Phi) is 6.93. The molecule has 0 bridgehead atoms. The van der Waals surface area contributed by atoms with E-state index in [1.807, 2.05) is 11.8 Å². The summed E-state index contributed by atoms with van der Waals surface area (Å²) in [4.78, 5) is 20.0. The summed E-state index contributed by atoms with van der Waals surface area (Å²) in [5.74, 6) is -0.387. The van der Waals surface area contributed by atoms with Crippen LogP contribution in [0.2, 0.25) is 0 Å². The van der Waals surface area contributed by atoms with Crippen molar-refractivity contribution in [3.8, 4) is 0 Å². The third kappa shape index (κ3) is 5.01. The second kappa shape index (κ2) is 10.2. The van der Waals surface area contributed by atoms with Gasteiger partial charge in [0.15, 0.2) is 5.82 Å². The number of methoxy groups -OCH3 is 1. The summed E-state index contributed by atoms with van der Waals surface area (Å²) in [5, 5.41) is 9.11. The molecule has 11 heteroatoms. The standard InChI is InChI=1S/C27H27F4N5O2/c1-16-15-35(10-11-36(16)24-13-22(27(29,30)31)21(14-32-24)26(37)38-2)25-20-5-3-4-19(20)23(33-34-25)12-17-6-8-18(28)9-7-17/h6-9,13-14,16H,3-5,10-12,15H2,1-2H3/t16-/m1/s1. The number of fused-ring (bicyclic) bond motifs is 1. The second-order valence-electron chi connectivity index (χ2n) is 9.65. The number of carbonyl (C=O) groups excluding carboxylic acids is 1. The summed E-state index contributed by atoms with van der Waals surface area (Å²) in [6.07, 6.45) is -0.427. The molecule has 0 N–H and O–H groups in total. The van der Waals surface area contributed by atoms with Gasteiger partial charge in [0.25, 0.3) is 0 Å². The van der Waals surface area contributed by atoms with E-state index in [-0.39, 0.29) is 17.7 Å². The molecule has 1 fully saturated rings. The Labute approximate surface area is 217 Å². The van der Waals surface area contributed by atoms with Crippen molar-refractivity contribution in [1.29, 1.82) is 0 Å². The molecule has 3 heterocycles. The normalized spacial score (nSPS) is 17.5. The Morgan fingerprint density at radius 3 is 2.53 bits per heavy atom. The highest BCUT2D eigenvalue weighted by Crippen LogP contribution is 2.36. The van der Waals surface area contributed by atoms with Gasteiger partial charge in [-0.15, -0.1) is 5.10 Å². The molecule has 1 aromatic carbocycles. The van der Waals surface area contributed by atoms with E-state index < -0.39 is 23.3 Å². The molecule has 3 aromatic rings. The van der Waals surface area contributed by atoms with Crippen molar-refractivity contribution in [2.45, 2.75) is 44.8 Å². The van der Waals surface area contributed by atoms with Gasteiger partial charge in [-0.1, -0.05) is 12.1 Å². The van der Waals surface area contributed by atoms with Crippen molar-refractivity contribution < 1.29 is 27.1 Å². The highest BCUT2D eigenvalue weighted by molar-refractivity contribution is 5.91. The van der Waals surface area contributed by atoms with Gasteiger partial charge in [-0.25, -0.2) is 14.2 Å². The molecule has 7 nitrogen and oxygen atoms in total. The number of piperazine rings is 1. The molecular formula is C27H27F4N5O2. The number of hydrogen-bond donors (Lipinski definition) is 0. The third-order valence-corrected chi connectivity index (χ3v) is 7.21. The van der Waals surface area contributed by atoms with Crippen molar-refractivity contribution in [3.05, 3.63) is 75.9 Å². The fraction of sp³-hybridized carbons (Fsp3) is 0.407. The molecule has 200 valence electrons. The molecule has 1 saturated heterocycles. The maximum absolute atomic E-state index is 13.7. The van der Waals surface area contributed by atoms with Gasteiger partial charge >= 0.3 is 12.1 Å². The summed E-state index contributed by atoms with van der Waals surface area (Å²) < 4.78 is 58.9. The zero-order valence-corrected chi connectivity index (χ0v) is 21.1. The van der Waals surface area contributed by atoms with Crippen molar-refractivity contribution in [2.24, 2.45) is 0 Å². The van der Waals surface area contributed by atoms with E-state index in [4.69, 9.17) is 0 Å². The third-order valence-electron chi connectivity index (χ3n) is 7.21. The van der Waals surface area contributed by atoms with Gasteiger partial charge in [-0.05, 0) is 55.5 Å². The first-order chi connectivity index (χ1) is 18.2. The van der Waals surface area contributed by atoms with Crippen molar-refractivity contribution in [2.75, 3.05) is 36.5 Å². The molecule has 0 spiro atoms. The first-order valence-corrected chi connectivity index (χ1v) is 12.4. The zero-order valence-electron chi connectivity index (χ0n) is 21.1. The Morgan fingerprint density at radius 1 is 1.11 bits per heavy atom. The summed E-state index contributed by atoms with van der Waals surface area (Å²) in [6.45, 7) is 3.41. The quantitative estimate of drug-likeness (QED) is 0.353. The molecule has 2 aromatic heterocycles. The lowest BCUT2D eigenvalue weighted by molar-refractivity contribution is -0.138. The van der Waals surface area contributed by atoms with Gasteiger partial charge in [0, 0.05) is 43.9 Å².